The first-order chi connectivity index (χ1) is 13.8. The number of carbonyl (C=O) groups is 2. The summed E-state index contributed by atoms with van der Waals surface area (Å²) in [6.45, 7) is 0.328. The number of benzene rings is 1. The normalized spacial score (nSPS) is 22.6. The Hall–Kier alpha value is -2.00. The maximum atomic E-state index is 13.1. The van der Waals surface area contributed by atoms with Crippen LogP contribution in [0, 0.1) is 11.7 Å². The zero-order valence-electron chi connectivity index (χ0n) is 16.5. The van der Waals surface area contributed by atoms with Gasteiger partial charge >= 0.3 is 5.97 Å². The third kappa shape index (κ3) is 4.61. The predicted molar refractivity (Wildman–Crippen MR) is 104 cm³/mol. The molecule has 0 radical (unpaired) electrons. The Balaban J connectivity index is 1.73. The van der Waals surface area contributed by atoms with Crippen LogP contribution < -0.4 is 5.32 Å². The molecule has 160 valence electrons. The van der Waals surface area contributed by atoms with Gasteiger partial charge in [0.2, 0.25) is 15.9 Å². The zero-order chi connectivity index (χ0) is 21.1. The van der Waals surface area contributed by atoms with Crippen LogP contribution in [0.5, 0.6) is 0 Å². The SMILES string of the molecule is COC(=O)C1(NC(=O)[C@H]2CCCN(S(=O)(=O)c3ccc(F)cc3)C2)CCCCC1. The van der Waals surface area contributed by atoms with Crippen LogP contribution in [0.15, 0.2) is 29.2 Å². The Labute approximate surface area is 170 Å². The summed E-state index contributed by atoms with van der Waals surface area (Å²) in [5, 5.41) is 2.89. The predicted octanol–water partition coefficient (Wildman–Crippen LogP) is 2.22. The summed E-state index contributed by atoms with van der Waals surface area (Å²) in [6.07, 6.45) is 4.77. The van der Waals surface area contributed by atoms with E-state index in [0.717, 1.165) is 31.4 Å². The Morgan fingerprint density at radius 1 is 1.14 bits per heavy atom. The molecule has 1 aromatic rings. The third-order valence-corrected chi connectivity index (χ3v) is 7.73. The molecule has 1 saturated carbocycles. The van der Waals surface area contributed by atoms with Crippen LogP contribution in [-0.4, -0.2) is 50.3 Å². The van der Waals surface area contributed by atoms with E-state index in [2.05, 4.69) is 5.32 Å². The fraction of sp³-hybridized carbons (Fsp3) is 0.600. The number of hydrogen-bond donors (Lipinski definition) is 1. The number of nitrogens with zero attached hydrogens (tertiary/aromatic N) is 1. The highest BCUT2D eigenvalue weighted by Crippen LogP contribution is 2.31. The second-order valence-corrected chi connectivity index (χ2v) is 9.72. The average Bonchev–Trinajstić information content (AvgIpc) is 2.74. The summed E-state index contributed by atoms with van der Waals surface area (Å²) in [5.41, 5.74) is -1.03. The fourth-order valence-corrected chi connectivity index (χ4v) is 5.72. The number of methoxy groups -OCH3 is 1. The molecule has 1 saturated heterocycles. The molecule has 1 aromatic carbocycles. The highest BCUT2D eigenvalue weighted by atomic mass is 32.2. The highest BCUT2D eigenvalue weighted by Gasteiger charge is 2.44. The third-order valence-electron chi connectivity index (χ3n) is 5.85. The van der Waals surface area contributed by atoms with Crippen molar-refractivity contribution in [2.45, 2.75) is 55.4 Å². The molecule has 0 spiro atoms. The molecule has 1 aliphatic heterocycles. The molecule has 7 nitrogen and oxygen atoms in total. The van der Waals surface area contributed by atoms with Crippen molar-refractivity contribution >= 4 is 21.9 Å². The van der Waals surface area contributed by atoms with Gasteiger partial charge in [0, 0.05) is 13.1 Å². The van der Waals surface area contributed by atoms with Crippen molar-refractivity contribution in [1.29, 1.82) is 0 Å². The van der Waals surface area contributed by atoms with Crippen molar-refractivity contribution in [2.24, 2.45) is 5.92 Å². The molecule has 2 fully saturated rings. The summed E-state index contributed by atoms with van der Waals surface area (Å²) < 4.78 is 45.1. The van der Waals surface area contributed by atoms with E-state index in [9.17, 15) is 22.4 Å². The van der Waals surface area contributed by atoms with Crippen LogP contribution in [0.2, 0.25) is 0 Å². The summed E-state index contributed by atoms with van der Waals surface area (Å²) in [5.74, 6) is -1.84. The number of carbonyl (C=O) groups excluding carboxylic acids is 2. The first kappa shape index (κ1) is 21.7. The molecule has 1 N–H and O–H groups in total. The molecule has 1 aliphatic carbocycles. The Morgan fingerprint density at radius 2 is 1.79 bits per heavy atom. The minimum Gasteiger partial charge on any atom is -0.467 e. The van der Waals surface area contributed by atoms with Gasteiger partial charge in [-0.05, 0) is 49.9 Å². The smallest absolute Gasteiger partial charge is 0.331 e. The van der Waals surface area contributed by atoms with E-state index < -0.39 is 33.3 Å². The number of rotatable bonds is 5. The first-order valence-corrected chi connectivity index (χ1v) is 11.4. The lowest BCUT2D eigenvalue weighted by Crippen LogP contribution is -2.58. The van der Waals surface area contributed by atoms with Crippen molar-refractivity contribution < 1.29 is 27.1 Å². The number of ether oxygens (including phenoxy) is 1. The van der Waals surface area contributed by atoms with Gasteiger partial charge in [0.25, 0.3) is 0 Å². The van der Waals surface area contributed by atoms with E-state index >= 15 is 0 Å². The second-order valence-electron chi connectivity index (χ2n) is 7.78. The Kier molecular flexibility index (Phi) is 6.58. The summed E-state index contributed by atoms with van der Waals surface area (Å²) in [4.78, 5) is 25.3. The minimum atomic E-state index is -3.82. The summed E-state index contributed by atoms with van der Waals surface area (Å²) in [7, 11) is -2.51. The van der Waals surface area contributed by atoms with E-state index in [1.54, 1.807) is 0 Å². The monoisotopic (exact) mass is 426 g/mol. The van der Waals surface area contributed by atoms with Gasteiger partial charge in [-0.15, -0.1) is 0 Å². The lowest BCUT2D eigenvalue weighted by Gasteiger charge is -2.38. The molecule has 2 aliphatic rings. The van der Waals surface area contributed by atoms with Crippen molar-refractivity contribution in [3.63, 3.8) is 0 Å². The molecule has 3 rings (SSSR count). The molecule has 0 aromatic heterocycles. The Bertz CT molecular complexity index is 850. The van der Waals surface area contributed by atoms with Gasteiger partial charge in [0.1, 0.15) is 11.4 Å². The van der Waals surface area contributed by atoms with Gasteiger partial charge in [0.05, 0.1) is 17.9 Å². The van der Waals surface area contributed by atoms with Crippen LogP contribution in [-0.2, 0) is 24.3 Å². The molecule has 1 amide bonds. The van der Waals surface area contributed by atoms with E-state index in [4.69, 9.17) is 4.74 Å². The van der Waals surface area contributed by atoms with Gasteiger partial charge in [-0.2, -0.15) is 4.31 Å². The minimum absolute atomic E-state index is 0.00160. The van der Waals surface area contributed by atoms with Gasteiger partial charge in [-0.1, -0.05) is 19.3 Å². The van der Waals surface area contributed by atoms with Crippen LogP contribution >= 0.6 is 0 Å². The standard InChI is InChI=1S/C20H27FN2O5S/c1-28-19(25)20(11-3-2-4-12-20)22-18(24)15-6-5-13-23(14-15)29(26,27)17-9-7-16(21)8-10-17/h7-10,15H,2-6,11-14H2,1H3,(H,22,24)/t15-/m0/s1. The topological polar surface area (TPSA) is 92.8 Å². The van der Waals surface area contributed by atoms with Crippen LogP contribution in [0.4, 0.5) is 4.39 Å². The molecular weight excluding hydrogens is 399 g/mol. The van der Waals surface area contributed by atoms with Gasteiger partial charge in [-0.3, -0.25) is 4.79 Å². The number of nitrogens with one attached hydrogen (secondary N) is 1. The quantitative estimate of drug-likeness (QED) is 0.729. The van der Waals surface area contributed by atoms with E-state index in [-0.39, 0.29) is 17.3 Å². The molecule has 0 unspecified atom stereocenters. The van der Waals surface area contributed by atoms with Gasteiger partial charge < -0.3 is 10.1 Å². The second kappa shape index (κ2) is 8.79. The van der Waals surface area contributed by atoms with E-state index in [1.165, 1.54) is 23.5 Å². The van der Waals surface area contributed by atoms with Crippen molar-refractivity contribution in [1.82, 2.24) is 9.62 Å². The van der Waals surface area contributed by atoms with E-state index in [1.807, 2.05) is 0 Å². The number of amides is 1. The molecule has 1 atom stereocenters. The molecular formula is C20H27FN2O5S. The van der Waals surface area contributed by atoms with Crippen molar-refractivity contribution in [2.75, 3.05) is 20.2 Å². The summed E-state index contributed by atoms with van der Waals surface area (Å²) >= 11 is 0. The molecule has 9 heteroatoms. The maximum Gasteiger partial charge on any atom is 0.331 e. The van der Waals surface area contributed by atoms with Crippen molar-refractivity contribution in [3.05, 3.63) is 30.1 Å². The zero-order valence-corrected chi connectivity index (χ0v) is 17.3. The van der Waals surface area contributed by atoms with Gasteiger partial charge in [0.15, 0.2) is 0 Å². The van der Waals surface area contributed by atoms with Crippen LogP contribution in [0.3, 0.4) is 0 Å². The molecule has 29 heavy (non-hydrogen) atoms. The number of esters is 1. The lowest BCUT2D eigenvalue weighted by atomic mass is 9.81. The fourth-order valence-electron chi connectivity index (χ4n) is 4.20. The summed E-state index contributed by atoms with van der Waals surface area (Å²) in [6, 6.07) is 4.65. The van der Waals surface area contributed by atoms with Crippen LogP contribution in [0.1, 0.15) is 44.9 Å². The van der Waals surface area contributed by atoms with E-state index in [0.29, 0.717) is 32.2 Å². The number of piperidine rings is 1. The largest absolute Gasteiger partial charge is 0.467 e. The van der Waals surface area contributed by atoms with Crippen LogP contribution in [0.25, 0.3) is 0 Å². The Morgan fingerprint density at radius 3 is 2.41 bits per heavy atom. The number of sulfonamides is 1. The average molecular weight is 427 g/mol. The number of halogens is 1. The van der Waals surface area contributed by atoms with Crippen molar-refractivity contribution in [3.8, 4) is 0 Å². The van der Waals surface area contributed by atoms with Gasteiger partial charge in [-0.25, -0.2) is 17.6 Å². The number of hydrogen-bond acceptors (Lipinski definition) is 5. The molecule has 1 heterocycles. The first-order valence-electron chi connectivity index (χ1n) is 9.95. The lowest BCUT2D eigenvalue weighted by molar-refractivity contribution is -0.153. The molecule has 0 bridgehead atoms. The highest BCUT2D eigenvalue weighted by molar-refractivity contribution is 7.89. The maximum absolute atomic E-state index is 13.1.